The summed E-state index contributed by atoms with van der Waals surface area (Å²) in [5.41, 5.74) is 0.983. The van der Waals surface area contributed by atoms with E-state index >= 15 is 0 Å². The molecule has 0 aromatic carbocycles. The van der Waals surface area contributed by atoms with Crippen LogP contribution in [-0.4, -0.2) is 31.7 Å². The van der Waals surface area contributed by atoms with E-state index in [4.69, 9.17) is 16.3 Å². The van der Waals surface area contributed by atoms with Gasteiger partial charge in [-0.15, -0.1) is 0 Å². The Bertz CT molecular complexity index is 397. The number of methoxy groups -OCH3 is 1. The van der Waals surface area contributed by atoms with Crippen molar-refractivity contribution in [3.63, 3.8) is 0 Å². The van der Waals surface area contributed by atoms with Crippen LogP contribution in [0.1, 0.15) is 13.3 Å². The summed E-state index contributed by atoms with van der Waals surface area (Å²) in [5.74, 6) is 1.57. The molecule has 16 heavy (non-hydrogen) atoms. The molecule has 1 atom stereocenters. The molecule has 1 aromatic heterocycles. The highest BCUT2D eigenvalue weighted by atomic mass is 35.5. The minimum Gasteiger partial charge on any atom is -0.494 e. The maximum Gasteiger partial charge on any atom is 0.155 e. The van der Waals surface area contributed by atoms with E-state index in [-0.39, 0.29) is 0 Å². The summed E-state index contributed by atoms with van der Waals surface area (Å²) in [5, 5.41) is 3.80. The van der Waals surface area contributed by atoms with Gasteiger partial charge in [0.25, 0.3) is 0 Å². The fourth-order valence-corrected chi connectivity index (χ4v) is 2.10. The summed E-state index contributed by atoms with van der Waals surface area (Å²) >= 11 is 5.96. The van der Waals surface area contributed by atoms with Crippen LogP contribution in [0.15, 0.2) is 6.07 Å². The predicted octanol–water partition coefficient (Wildman–Crippen LogP) is 2.38. The molecule has 1 N–H and O–H groups in total. The molecule has 0 amide bonds. The zero-order valence-electron chi connectivity index (χ0n) is 9.75. The summed E-state index contributed by atoms with van der Waals surface area (Å²) in [4.78, 5) is 6.46. The first-order valence-electron chi connectivity index (χ1n) is 5.34. The molecule has 0 aliphatic carbocycles. The molecule has 0 fully saturated rings. The van der Waals surface area contributed by atoms with Gasteiger partial charge in [0.05, 0.1) is 7.11 Å². The molecule has 5 heteroatoms. The first kappa shape index (κ1) is 11.3. The van der Waals surface area contributed by atoms with Crippen molar-refractivity contribution in [1.29, 1.82) is 0 Å². The van der Waals surface area contributed by atoms with Crippen LogP contribution >= 0.6 is 11.6 Å². The number of fused-ring (bicyclic) bond motifs is 1. The lowest BCUT2D eigenvalue weighted by molar-refractivity contribution is 0.415. The molecular formula is C11H16ClN3O. The Balaban J connectivity index is 2.53. The molecule has 4 nitrogen and oxygen atoms in total. The molecule has 2 heterocycles. The molecule has 0 spiro atoms. The van der Waals surface area contributed by atoms with Gasteiger partial charge in [0.2, 0.25) is 0 Å². The minimum absolute atomic E-state index is 0.388. The van der Waals surface area contributed by atoms with Crippen molar-refractivity contribution in [3.8, 4) is 5.75 Å². The minimum atomic E-state index is 0.388. The summed E-state index contributed by atoms with van der Waals surface area (Å²) in [6.45, 7) is 3.11. The number of hydrogen-bond donors (Lipinski definition) is 1. The van der Waals surface area contributed by atoms with Crippen molar-refractivity contribution in [2.24, 2.45) is 0 Å². The average Bonchev–Trinajstić information content (AvgIpc) is 2.37. The van der Waals surface area contributed by atoms with Crippen molar-refractivity contribution in [2.75, 3.05) is 30.9 Å². The monoisotopic (exact) mass is 241 g/mol. The fourth-order valence-electron chi connectivity index (χ4n) is 1.92. The van der Waals surface area contributed by atoms with E-state index < -0.39 is 0 Å². The van der Waals surface area contributed by atoms with Crippen LogP contribution in [0.2, 0.25) is 5.15 Å². The average molecular weight is 242 g/mol. The quantitative estimate of drug-likeness (QED) is 0.767. The molecule has 2 rings (SSSR count). The molecule has 1 aliphatic heterocycles. The van der Waals surface area contributed by atoms with Crippen LogP contribution in [-0.2, 0) is 0 Å². The number of aromatic nitrogens is 1. The molecule has 0 saturated carbocycles. The van der Waals surface area contributed by atoms with Gasteiger partial charge in [-0.25, -0.2) is 4.98 Å². The van der Waals surface area contributed by atoms with Crippen LogP contribution < -0.4 is 15.0 Å². The lowest BCUT2D eigenvalue weighted by Crippen LogP contribution is -2.20. The summed E-state index contributed by atoms with van der Waals surface area (Å²) < 4.78 is 5.35. The fraction of sp³-hybridized carbons (Fsp3) is 0.545. The van der Waals surface area contributed by atoms with Crippen molar-refractivity contribution in [3.05, 3.63) is 11.2 Å². The van der Waals surface area contributed by atoms with E-state index in [1.54, 1.807) is 13.2 Å². The lowest BCUT2D eigenvalue weighted by Gasteiger charge is -2.20. The number of nitrogens with zero attached hydrogens (tertiary/aromatic N) is 2. The number of rotatable bonds is 1. The van der Waals surface area contributed by atoms with Gasteiger partial charge in [0.15, 0.2) is 5.82 Å². The maximum absolute atomic E-state index is 5.96. The molecule has 0 saturated heterocycles. The Hall–Kier alpha value is -1.16. The van der Waals surface area contributed by atoms with Gasteiger partial charge < -0.3 is 15.0 Å². The van der Waals surface area contributed by atoms with Crippen LogP contribution in [0.5, 0.6) is 5.75 Å². The number of hydrogen-bond acceptors (Lipinski definition) is 4. The van der Waals surface area contributed by atoms with Gasteiger partial charge in [-0.1, -0.05) is 11.6 Å². The Morgan fingerprint density at radius 2 is 2.38 bits per heavy atom. The third kappa shape index (κ3) is 2.02. The number of pyridine rings is 1. The number of anilines is 2. The Kier molecular flexibility index (Phi) is 3.10. The highest BCUT2D eigenvalue weighted by Gasteiger charge is 2.21. The summed E-state index contributed by atoms with van der Waals surface area (Å²) in [7, 11) is 3.69. The van der Waals surface area contributed by atoms with Gasteiger partial charge in [0, 0.05) is 25.7 Å². The third-order valence-electron chi connectivity index (χ3n) is 2.81. The van der Waals surface area contributed by atoms with E-state index in [9.17, 15) is 0 Å². The standard InChI is InChI=1S/C11H16ClN3O/c1-7-4-5-15(2)10-8(16-3)6-9(12)14-11(10)13-7/h6-7H,4-5H2,1-3H3,(H,13,14)/t7-/m1/s1. The van der Waals surface area contributed by atoms with Crippen LogP contribution in [0, 0.1) is 0 Å². The second-order valence-corrected chi connectivity index (χ2v) is 4.49. The van der Waals surface area contributed by atoms with Crippen LogP contribution in [0.4, 0.5) is 11.5 Å². The van der Waals surface area contributed by atoms with Gasteiger partial charge in [-0.2, -0.15) is 0 Å². The molecular weight excluding hydrogens is 226 g/mol. The zero-order chi connectivity index (χ0) is 11.7. The number of nitrogens with one attached hydrogen (secondary N) is 1. The molecule has 0 bridgehead atoms. The van der Waals surface area contributed by atoms with E-state index in [0.717, 1.165) is 30.2 Å². The number of ether oxygens (including phenoxy) is 1. The second kappa shape index (κ2) is 4.37. The largest absolute Gasteiger partial charge is 0.494 e. The van der Waals surface area contributed by atoms with Crippen LogP contribution in [0.3, 0.4) is 0 Å². The van der Waals surface area contributed by atoms with Gasteiger partial charge in [-0.05, 0) is 13.3 Å². The maximum atomic E-state index is 5.96. The van der Waals surface area contributed by atoms with E-state index in [2.05, 4.69) is 22.1 Å². The van der Waals surface area contributed by atoms with E-state index in [1.165, 1.54) is 0 Å². The first-order chi connectivity index (χ1) is 7.61. The predicted molar refractivity (Wildman–Crippen MR) is 66.8 cm³/mol. The summed E-state index contributed by atoms with van der Waals surface area (Å²) in [6.07, 6.45) is 1.06. The third-order valence-corrected chi connectivity index (χ3v) is 3.00. The number of halogens is 1. The van der Waals surface area contributed by atoms with Gasteiger partial charge in [-0.3, -0.25) is 0 Å². The second-order valence-electron chi connectivity index (χ2n) is 4.10. The highest BCUT2D eigenvalue weighted by molar-refractivity contribution is 6.29. The normalized spacial score (nSPS) is 19.8. The molecule has 1 aromatic rings. The Morgan fingerprint density at radius 3 is 3.06 bits per heavy atom. The van der Waals surface area contributed by atoms with Crippen molar-refractivity contribution in [1.82, 2.24) is 4.98 Å². The van der Waals surface area contributed by atoms with Gasteiger partial charge >= 0.3 is 0 Å². The molecule has 1 aliphatic rings. The first-order valence-corrected chi connectivity index (χ1v) is 5.72. The Labute approximate surface area is 101 Å². The van der Waals surface area contributed by atoms with Crippen molar-refractivity contribution >= 4 is 23.1 Å². The van der Waals surface area contributed by atoms with E-state index in [1.807, 2.05) is 7.05 Å². The Morgan fingerprint density at radius 1 is 1.62 bits per heavy atom. The topological polar surface area (TPSA) is 37.4 Å². The highest BCUT2D eigenvalue weighted by Crippen LogP contribution is 2.38. The van der Waals surface area contributed by atoms with Crippen molar-refractivity contribution < 1.29 is 4.74 Å². The molecule has 88 valence electrons. The smallest absolute Gasteiger partial charge is 0.155 e. The van der Waals surface area contributed by atoms with Crippen molar-refractivity contribution in [2.45, 2.75) is 19.4 Å². The zero-order valence-corrected chi connectivity index (χ0v) is 10.5. The summed E-state index contributed by atoms with van der Waals surface area (Å²) in [6, 6.07) is 2.13. The lowest BCUT2D eigenvalue weighted by atomic mass is 10.2. The van der Waals surface area contributed by atoms with Crippen LogP contribution in [0.25, 0.3) is 0 Å². The molecule has 0 radical (unpaired) electrons. The SMILES string of the molecule is COc1cc(Cl)nc2c1N(C)CC[C@@H](C)N2. The van der Waals surface area contributed by atoms with Gasteiger partial charge in [0.1, 0.15) is 16.6 Å². The van der Waals surface area contributed by atoms with E-state index in [0.29, 0.717) is 11.2 Å². The molecule has 0 unspecified atom stereocenters.